The molecular weight excluding hydrogens is 378 g/mol. The van der Waals surface area contributed by atoms with E-state index in [0.717, 1.165) is 11.1 Å². The van der Waals surface area contributed by atoms with E-state index in [4.69, 9.17) is 5.21 Å². The molecule has 0 bridgehead atoms. The van der Waals surface area contributed by atoms with E-state index in [1.165, 1.54) is 0 Å². The molecule has 30 heavy (non-hydrogen) atoms. The molecule has 0 atom stereocenters. The van der Waals surface area contributed by atoms with Crippen molar-refractivity contribution in [2.24, 2.45) is 5.16 Å². The highest BCUT2D eigenvalue weighted by Crippen LogP contribution is 2.28. The van der Waals surface area contributed by atoms with Crippen molar-refractivity contribution in [3.63, 3.8) is 0 Å². The van der Waals surface area contributed by atoms with Gasteiger partial charge in [0.2, 0.25) is 0 Å². The number of nitrogens with zero attached hydrogens (tertiary/aromatic N) is 2. The zero-order chi connectivity index (χ0) is 21.1. The molecule has 0 aliphatic heterocycles. The van der Waals surface area contributed by atoms with E-state index < -0.39 is 11.7 Å². The average Bonchev–Trinajstić information content (AvgIpc) is 3.18. The van der Waals surface area contributed by atoms with Crippen LogP contribution in [-0.4, -0.2) is 27.0 Å². The van der Waals surface area contributed by atoms with Crippen LogP contribution in [-0.2, 0) is 4.79 Å². The maximum atomic E-state index is 13.2. The van der Waals surface area contributed by atoms with Gasteiger partial charge in [0, 0.05) is 23.0 Å². The van der Waals surface area contributed by atoms with Gasteiger partial charge in [-0.15, -0.1) is 0 Å². The SMILES string of the molecule is CC(=NO)c1ccc(NC(=O)C(=O)c2c(-c3ccccc3)cc3ccccn23)cc1. The summed E-state index contributed by atoms with van der Waals surface area (Å²) in [5.41, 5.74) is 4.35. The van der Waals surface area contributed by atoms with Crippen LogP contribution in [0.2, 0.25) is 0 Å². The van der Waals surface area contributed by atoms with Gasteiger partial charge in [-0.25, -0.2) is 0 Å². The number of carbonyl (C=O) groups excluding carboxylic acids is 2. The number of hydrogen-bond acceptors (Lipinski definition) is 4. The van der Waals surface area contributed by atoms with Gasteiger partial charge in [0.15, 0.2) is 0 Å². The summed E-state index contributed by atoms with van der Waals surface area (Å²) in [6.07, 6.45) is 1.77. The third-order valence-corrected chi connectivity index (χ3v) is 4.90. The van der Waals surface area contributed by atoms with Gasteiger partial charge in [-0.2, -0.15) is 0 Å². The van der Waals surface area contributed by atoms with Crippen molar-refractivity contribution >= 4 is 28.6 Å². The van der Waals surface area contributed by atoms with Crippen LogP contribution in [0.3, 0.4) is 0 Å². The summed E-state index contributed by atoms with van der Waals surface area (Å²) >= 11 is 0. The first-order chi connectivity index (χ1) is 14.6. The first-order valence-electron chi connectivity index (χ1n) is 9.39. The summed E-state index contributed by atoms with van der Waals surface area (Å²) in [6.45, 7) is 1.67. The van der Waals surface area contributed by atoms with Crippen LogP contribution >= 0.6 is 0 Å². The summed E-state index contributed by atoms with van der Waals surface area (Å²) in [4.78, 5) is 25.9. The van der Waals surface area contributed by atoms with Crippen LogP contribution in [0.5, 0.6) is 0 Å². The predicted molar refractivity (Wildman–Crippen MR) is 116 cm³/mol. The Morgan fingerprint density at radius 2 is 1.63 bits per heavy atom. The fourth-order valence-corrected chi connectivity index (χ4v) is 3.34. The van der Waals surface area contributed by atoms with E-state index in [-0.39, 0.29) is 0 Å². The molecule has 0 aliphatic carbocycles. The number of aromatic nitrogens is 1. The molecule has 1 amide bonds. The van der Waals surface area contributed by atoms with Gasteiger partial charge in [-0.1, -0.05) is 53.7 Å². The number of anilines is 1. The lowest BCUT2D eigenvalue weighted by Gasteiger charge is -2.08. The maximum Gasteiger partial charge on any atom is 0.298 e. The third kappa shape index (κ3) is 3.58. The molecule has 6 nitrogen and oxygen atoms in total. The highest BCUT2D eigenvalue weighted by atomic mass is 16.4. The molecule has 0 unspecified atom stereocenters. The topological polar surface area (TPSA) is 83.2 Å². The van der Waals surface area contributed by atoms with E-state index in [1.54, 1.807) is 41.8 Å². The van der Waals surface area contributed by atoms with Crippen molar-refractivity contribution in [1.29, 1.82) is 0 Å². The van der Waals surface area contributed by atoms with Crippen LogP contribution in [0.15, 0.2) is 90.2 Å². The van der Waals surface area contributed by atoms with Gasteiger partial charge in [0.05, 0.1) is 5.71 Å². The van der Waals surface area contributed by atoms with Crippen molar-refractivity contribution in [1.82, 2.24) is 4.40 Å². The summed E-state index contributed by atoms with van der Waals surface area (Å²) in [5, 5.41) is 14.7. The van der Waals surface area contributed by atoms with Crippen molar-refractivity contribution < 1.29 is 14.8 Å². The standard InChI is InChI=1S/C24H19N3O3/c1-16(26-30)17-10-12-19(13-11-17)25-24(29)23(28)22-21(18-7-3-2-4-8-18)15-20-9-5-6-14-27(20)22/h2-15,30H,1H3,(H,25,29). The van der Waals surface area contributed by atoms with Crippen molar-refractivity contribution in [3.05, 3.63) is 96.3 Å². The molecule has 0 saturated carbocycles. The summed E-state index contributed by atoms with van der Waals surface area (Å²) in [5.74, 6) is -1.35. The van der Waals surface area contributed by atoms with Crippen LogP contribution in [0.1, 0.15) is 23.0 Å². The Bertz CT molecular complexity index is 1260. The summed E-state index contributed by atoms with van der Waals surface area (Å²) in [6, 6.07) is 23.7. The molecule has 2 N–H and O–H groups in total. The number of amides is 1. The lowest BCUT2D eigenvalue weighted by atomic mass is 10.0. The van der Waals surface area contributed by atoms with Gasteiger partial charge in [0.1, 0.15) is 5.69 Å². The molecule has 0 saturated heterocycles. The van der Waals surface area contributed by atoms with E-state index >= 15 is 0 Å². The van der Waals surface area contributed by atoms with Crippen LogP contribution in [0.4, 0.5) is 5.69 Å². The van der Waals surface area contributed by atoms with Crippen LogP contribution in [0, 0.1) is 0 Å². The fraction of sp³-hybridized carbons (Fsp3) is 0.0417. The van der Waals surface area contributed by atoms with Gasteiger partial charge in [-0.3, -0.25) is 9.59 Å². The third-order valence-electron chi connectivity index (χ3n) is 4.90. The highest BCUT2D eigenvalue weighted by Gasteiger charge is 2.24. The minimum absolute atomic E-state index is 0.314. The minimum Gasteiger partial charge on any atom is -0.411 e. The number of fused-ring (bicyclic) bond motifs is 1. The van der Waals surface area contributed by atoms with Gasteiger partial charge >= 0.3 is 0 Å². The fourth-order valence-electron chi connectivity index (χ4n) is 3.34. The average molecular weight is 397 g/mol. The van der Waals surface area contributed by atoms with Crippen LogP contribution in [0.25, 0.3) is 16.6 Å². The van der Waals surface area contributed by atoms with E-state index in [1.807, 2.05) is 54.6 Å². The molecule has 0 fully saturated rings. The number of oxime groups is 1. The first kappa shape index (κ1) is 19.1. The number of hydrogen-bond donors (Lipinski definition) is 2. The number of nitrogens with one attached hydrogen (secondary N) is 1. The molecule has 0 radical (unpaired) electrons. The Hall–Kier alpha value is -4.19. The second-order valence-electron chi connectivity index (χ2n) is 6.81. The number of Topliss-reactive ketones (excluding diaryl/α,β-unsaturated/α-hetero) is 1. The number of benzene rings is 2. The summed E-state index contributed by atoms with van der Waals surface area (Å²) < 4.78 is 1.73. The smallest absolute Gasteiger partial charge is 0.298 e. The first-order valence-corrected chi connectivity index (χ1v) is 9.39. The lowest BCUT2D eigenvalue weighted by Crippen LogP contribution is -2.24. The molecule has 4 rings (SSSR count). The van der Waals surface area contributed by atoms with Gasteiger partial charge in [-0.05, 0) is 48.4 Å². The molecule has 0 aliphatic rings. The lowest BCUT2D eigenvalue weighted by molar-refractivity contribution is -0.112. The van der Waals surface area contributed by atoms with Gasteiger partial charge < -0.3 is 14.9 Å². The Kier molecular flexibility index (Phi) is 5.13. The minimum atomic E-state index is -0.726. The maximum absolute atomic E-state index is 13.2. The van der Waals surface area contributed by atoms with Crippen molar-refractivity contribution in [2.75, 3.05) is 5.32 Å². The van der Waals surface area contributed by atoms with E-state index in [2.05, 4.69) is 10.5 Å². The van der Waals surface area contributed by atoms with E-state index in [0.29, 0.717) is 28.2 Å². The predicted octanol–water partition coefficient (Wildman–Crippen LogP) is 4.63. The zero-order valence-corrected chi connectivity index (χ0v) is 16.2. The Balaban J connectivity index is 1.68. The molecule has 4 aromatic rings. The molecule has 2 aromatic carbocycles. The Morgan fingerprint density at radius 1 is 0.933 bits per heavy atom. The Labute approximate surface area is 173 Å². The molecule has 148 valence electrons. The van der Waals surface area contributed by atoms with Crippen LogP contribution < -0.4 is 5.32 Å². The normalized spacial score (nSPS) is 11.4. The second kappa shape index (κ2) is 8.05. The number of rotatable bonds is 5. The summed E-state index contributed by atoms with van der Waals surface area (Å²) in [7, 11) is 0. The molecular formula is C24H19N3O3. The second-order valence-corrected chi connectivity index (χ2v) is 6.81. The quantitative estimate of drug-likeness (QED) is 0.169. The van der Waals surface area contributed by atoms with Gasteiger partial charge in [0.25, 0.3) is 11.7 Å². The number of carbonyl (C=O) groups is 2. The monoisotopic (exact) mass is 397 g/mol. The molecule has 6 heteroatoms. The van der Waals surface area contributed by atoms with Crippen molar-refractivity contribution in [3.8, 4) is 11.1 Å². The van der Waals surface area contributed by atoms with E-state index in [9.17, 15) is 9.59 Å². The number of pyridine rings is 1. The Morgan fingerprint density at radius 3 is 2.33 bits per heavy atom. The van der Waals surface area contributed by atoms with Crippen molar-refractivity contribution in [2.45, 2.75) is 6.92 Å². The zero-order valence-electron chi connectivity index (χ0n) is 16.2. The highest BCUT2D eigenvalue weighted by molar-refractivity contribution is 6.47. The molecule has 2 heterocycles. The largest absolute Gasteiger partial charge is 0.411 e. The molecule has 2 aromatic heterocycles. The molecule has 0 spiro atoms. The number of ketones is 1.